The number of hydrogen-bond donors (Lipinski definition) is 2. The van der Waals surface area contributed by atoms with Crippen LogP contribution < -0.4 is 0 Å². The van der Waals surface area contributed by atoms with E-state index >= 15 is 0 Å². The number of aromatic amines is 1. The van der Waals surface area contributed by atoms with Crippen LogP contribution in [0, 0.1) is 0 Å². The van der Waals surface area contributed by atoms with Crippen LogP contribution in [0.25, 0.3) is 0 Å². The molecular formula is C7H10N2O. The van der Waals surface area contributed by atoms with Crippen LogP contribution in [0.5, 0.6) is 0 Å². The average molecular weight is 138 g/mol. The maximum absolute atomic E-state index is 8.81. The van der Waals surface area contributed by atoms with Crippen LogP contribution in [0.4, 0.5) is 0 Å². The molecule has 3 heteroatoms. The van der Waals surface area contributed by atoms with Crippen LogP contribution >= 0.6 is 0 Å². The van der Waals surface area contributed by atoms with Gasteiger partial charge in [-0.15, -0.1) is 0 Å². The minimum atomic E-state index is 0.0891. The Balaban J connectivity index is 2.28. The van der Waals surface area contributed by atoms with Gasteiger partial charge in [0.2, 0.25) is 0 Å². The second-order valence-corrected chi connectivity index (χ2v) is 2.74. The van der Waals surface area contributed by atoms with E-state index in [1.807, 2.05) is 6.20 Å². The largest absolute Gasteiger partial charge is 0.390 e. The van der Waals surface area contributed by atoms with Gasteiger partial charge in [-0.3, -0.25) is 5.10 Å². The molecule has 0 aromatic carbocycles. The standard InChI is InChI=1S/C7H10N2O/c10-4-7-6(3-8-9-7)5-1-2-5/h3,5,10H,1-2,4H2,(H,8,9). The minimum Gasteiger partial charge on any atom is -0.390 e. The molecule has 0 amide bonds. The molecule has 1 aliphatic carbocycles. The predicted octanol–water partition coefficient (Wildman–Crippen LogP) is 0.779. The minimum absolute atomic E-state index is 0.0891. The molecule has 0 aliphatic heterocycles. The molecule has 0 spiro atoms. The van der Waals surface area contributed by atoms with Gasteiger partial charge >= 0.3 is 0 Å². The molecule has 0 radical (unpaired) electrons. The van der Waals surface area contributed by atoms with Crippen molar-refractivity contribution in [3.63, 3.8) is 0 Å². The monoisotopic (exact) mass is 138 g/mol. The number of aliphatic hydroxyl groups is 1. The normalized spacial score (nSPS) is 17.7. The molecule has 1 aromatic rings. The lowest BCUT2D eigenvalue weighted by Gasteiger charge is -1.93. The van der Waals surface area contributed by atoms with Crippen LogP contribution in [0.1, 0.15) is 30.0 Å². The first-order valence-corrected chi connectivity index (χ1v) is 3.55. The summed E-state index contributed by atoms with van der Waals surface area (Å²) in [5.74, 6) is 0.681. The third-order valence-electron chi connectivity index (χ3n) is 1.93. The van der Waals surface area contributed by atoms with Crippen molar-refractivity contribution in [3.05, 3.63) is 17.5 Å². The number of rotatable bonds is 2. The molecule has 1 fully saturated rings. The Hall–Kier alpha value is -0.830. The first kappa shape index (κ1) is 5.92. The van der Waals surface area contributed by atoms with E-state index in [1.165, 1.54) is 18.4 Å². The van der Waals surface area contributed by atoms with Crippen LogP contribution in [-0.2, 0) is 6.61 Å². The summed E-state index contributed by atoms with van der Waals surface area (Å²) in [6.45, 7) is 0.0891. The summed E-state index contributed by atoms with van der Waals surface area (Å²) in [6.07, 6.45) is 4.34. The third-order valence-corrected chi connectivity index (χ3v) is 1.93. The first-order chi connectivity index (χ1) is 4.92. The van der Waals surface area contributed by atoms with E-state index in [0.717, 1.165) is 5.69 Å². The number of aromatic nitrogens is 2. The zero-order valence-corrected chi connectivity index (χ0v) is 5.67. The van der Waals surface area contributed by atoms with Crippen LogP contribution in [-0.4, -0.2) is 15.3 Å². The molecule has 1 saturated carbocycles. The Bertz CT molecular complexity index is 227. The van der Waals surface area contributed by atoms with Crippen LogP contribution in [0.2, 0.25) is 0 Å². The van der Waals surface area contributed by atoms with E-state index in [2.05, 4.69) is 10.2 Å². The molecule has 1 heterocycles. The smallest absolute Gasteiger partial charge is 0.0850 e. The van der Waals surface area contributed by atoms with E-state index in [9.17, 15) is 0 Å². The van der Waals surface area contributed by atoms with E-state index in [1.54, 1.807) is 0 Å². The zero-order chi connectivity index (χ0) is 6.97. The highest BCUT2D eigenvalue weighted by Crippen LogP contribution is 2.40. The lowest BCUT2D eigenvalue weighted by Crippen LogP contribution is -1.87. The van der Waals surface area contributed by atoms with Gasteiger partial charge in [0, 0.05) is 0 Å². The maximum Gasteiger partial charge on any atom is 0.0850 e. The van der Waals surface area contributed by atoms with E-state index in [0.29, 0.717) is 5.92 Å². The highest BCUT2D eigenvalue weighted by Gasteiger charge is 2.26. The molecule has 10 heavy (non-hydrogen) atoms. The zero-order valence-electron chi connectivity index (χ0n) is 5.67. The van der Waals surface area contributed by atoms with Crippen molar-refractivity contribution in [2.24, 2.45) is 0 Å². The maximum atomic E-state index is 8.81. The van der Waals surface area contributed by atoms with Gasteiger partial charge in [-0.2, -0.15) is 5.10 Å². The highest BCUT2D eigenvalue weighted by atomic mass is 16.3. The van der Waals surface area contributed by atoms with Crippen molar-refractivity contribution in [1.82, 2.24) is 10.2 Å². The van der Waals surface area contributed by atoms with Crippen molar-refractivity contribution in [2.45, 2.75) is 25.4 Å². The van der Waals surface area contributed by atoms with Gasteiger partial charge in [0.25, 0.3) is 0 Å². The third kappa shape index (κ3) is 0.827. The van der Waals surface area contributed by atoms with Crippen LogP contribution in [0.15, 0.2) is 6.20 Å². The summed E-state index contributed by atoms with van der Waals surface area (Å²) in [6, 6.07) is 0. The van der Waals surface area contributed by atoms with Gasteiger partial charge in [-0.25, -0.2) is 0 Å². The van der Waals surface area contributed by atoms with Crippen molar-refractivity contribution < 1.29 is 5.11 Å². The number of H-pyrrole nitrogens is 1. The molecule has 54 valence electrons. The van der Waals surface area contributed by atoms with E-state index in [4.69, 9.17) is 5.11 Å². The second kappa shape index (κ2) is 2.09. The Labute approximate surface area is 59.1 Å². The van der Waals surface area contributed by atoms with Gasteiger partial charge in [0.1, 0.15) is 0 Å². The second-order valence-electron chi connectivity index (χ2n) is 2.74. The first-order valence-electron chi connectivity index (χ1n) is 3.55. The summed E-state index contributed by atoms with van der Waals surface area (Å²) in [5.41, 5.74) is 2.10. The Morgan fingerprint density at radius 1 is 1.70 bits per heavy atom. The molecule has 0 atom stereocenters. The Morgan fingerprint density at radius 3 is 3.10 bits per heavy atom. The molecule has 0 saturated heterocycles. The molecular weight excluding hydrogens is 128 g/mol. The fourth-order valence-electron chi connectivity index (χ4n) is 1.19. The van der Waals surface area contributed by atoms with E-state index in [-0.39, 0.29) is 6.61 Å². The summed E-state index contributed by atoms with van der Waals surface area (Å²) in [5, 5.41) is 15.5. The van der Waals surface area contributed by atoms with Gasteiger partial charge in [-0.1, -0.05) is 0 Å². The predicted molar refractivity (Wildman–Crippen MR) is 36.5 cm³/mol. The summed E-state index contributed by atoms with van der Waals surface area (Å²) in [4.78, 5) is 0. The molecule has 1 aromatic heterocycles. The van der Waals surface area contributed by atoms with E-state index < -0.39 is 0 Å². The average Bonchev–Trinajstić information content (AvgIpc) is 2.69. The van der Waals surface area contributed by atoms with Crippen molar-refractivity contribution in [2.75, 3.05) is 0 Å². The van der Waals surface area contributed by atoms with Crippen molar-refractivity contribution in [3.8, 4) is 0 Å². The summed E-state index contributed by atoms with van der Waals surface area (Å²) in [7, 11) is 0. The molecule has 0 unspecified atom stereocenters. The topological polar surface area (TPSA) is 48.9 Å². The Kier molecular flexibility index (Phi) is 1.24. The van der Waals surface area contributed by atoms with Crippen molar-refractivity contribution >= 4 is 0 Å². The number of nitrogens with one attached hydrogen (secondary N) is 1. The van der Waals surface area contributed by atoms with Gasteiger partial charge in [0.15, 0.2) is 0 Å². The van der Waals surface area contributed by atoms with Gasteiger partial charge in [-0.05, 0) is 24.3 Å². The molecule has 2 N–H and O–H groups in total. The fraction of sp³-hybridized carbons (Fsp3) is 0.571. The molecule has 2 rings (SSSR count). The van der Waals surface area contributed by atoms with Gasteiger partial charge in [0.05, 0.1) is 18.5 Å². The number of hydrogen-bond acceptors (Lipinski definition) is 2. The Morgan fingerprint density at radius 2 is 2.50 bits per heavy atom. The van der Waals surface area contributed by atoms with Crippen LogP contribution in [0.3, 0.4) is 0 Å². The van der Waals surface area contributed by atoms with Crippen molar-refractivity contribution in [1.29, 1.82) is 0 Å². The lowest BCUT2D eigenvalue weighted by atomic mass is 10.2. The number of nitrogens with zero attached hydrogens (tertiary/aromatic N) is 1. The summed E-state index contributed by atoms with van der Waals surface area (Å²) >= 11 is 0. The summed E-state index contributed by atoms with van der Waals surface area (Å²) < 4.78 is 0. The quantitative estimate of drug-likeness (QED) is 0.634. The SMILES string of the molecule is OCc1[nH]ncc1C1CC1. The fourth-order valence-corrected chi connectivity index (χ4v) is 1.19. The van der Waals surface area contributed by atoms with Gasteiger partial charge < -0.3 is 5.11 Å². The molecule has 1 aliphatic rings. The lowest BCUT2D eigenvalue weighted by molar-refractivity contribution is 0.275. The highest BCUT2D eigenvalue weighted by molar-refractivity contribution is 5.24. The molecule has 0 bridgehead atoms. The number of aliphatic hydroxyl groups excluding tert-OH is 1. The molecule has 3 nitrogen and oxygen atoms in total.